The van der Waals surface area contributed by atoms with Crippen molar-refractivity contribution in [2.24, 2.45) is 5.92 Å². The van der Waals surface area contributed by atoms with Crippen molar-refractivity contribution in [2.45, 2.75) is 26.3 Å². The largest absolute Gasteiger partial charge is 0.468 e. The van der Waals surface area contributed by atoms with Crippen LogP contribution in [0.4, 0.5) is 0 Å². The first kappa shape index (κ1) is 13.0. The van der Waals surface area contributed by atoms with Gasteiger partial charge in [-0.25, -0.2) is 0 Å². The first-order valence-corrected chi connectivity index (χ1v) is 5.65. The number of carbonyl (C=O) groups is 2. The Morgan fingerprint density at radius 3 is 2.38 bits per heavy atom. The van der Waals surface area contributed by atoms with Crippen LogP contribution in [0.3, 0.4) is 0 Å². The number of hydrogen-bond acceptors (Lipinski definition) is 4. The van der Waals surface area contributed by atoms with Crippen LogP contribution in [0, 0.1) is 5.92 Å². The van der Waals surface area contributed by atoms with E-state index in [0.717, 1.165) is 19.5 Å². The van der Waals surface area contributed by atoms with Gasteiger partial charge in [0.05, 0.1) is 13.7 Å². The molecule has 1 atom stereocenters. The van der Waals surface area contributed by atoms with Crippen LogP contribution in [0.25, 0.3) is 0 Å². The van der Waals surface area contributed by atoms with E-state index in [1.54, 1.807) is 4.90 Å². The van der Waals surface area contributed by atoms with Crippen LogP contribution in [0.2, 0.25) is 0 Å². The number of nitrogens with zero attached hydrogens (tertiary/aromatic N) is 1. The maximum Gasteiger partial charge on any atom is 0.323 e. The minimum absolute atomic E-state index is 0.0563. The number of ether oxygens (including phenoxy) is 1. The molecule has 1 aliphatic heterocycles. The van der Waals surface area contributed by atoms with Crippen molar-refractivity contribution in [3.8, 4) is 0 Å². The minimum atomic E-state index is -0.407. The van der Waals surface area contributed by atoms with Gasteiger partial charge in [-0.2, -0.15) is 0 Å². The molecule has 92 valence electrons. The van der Waals surface area contributed by atoms with Crippen molar-refractivity contribution in [3.63, 3.8) is 0 Å². The molecule has 1 saturated heterocycles. The predicted octanol–water partition coefficient (Wildman–Crippen LogP) is 0.00590. The van der Waals surface area contributed by atoms with Crippen molar-refractivity contribution in [1.82, 2.24) is 10.2 Å². The Morgan fingerprint density at radius 2 is 2.00 bits per heavy atom. The average molecular weight is 228 g/mol. The highest BCUT2D eigenvalue weighted by Gasteiger charge is 2.25. The summed E-state index contributed by atoms with van der Waals surface area (Å²) in [6.07, 6.45) is 1.08. The number of rotatable bonds is 5. The number of nitrogens with one attached hydrogen (secondary N) is 1. The maximum atomic E-state index is 11.6. The van der Waals surface area contributed by atoms with Crippen LogP contribution in [0.5, 0.6) is 0 Å². The first-order valence-electron chi connectivity index (χ1n) is 5.65. The fourth-order valence-electron chi connectivity index (χ4n) is 1.59. The van der Waals surface area contributed by atoms with Crippen molar-refractivity contribution in [3.05, 3.63) is 0 Å². The smallest absolute Gasteiger partial charge is 0.323 e. The topological polar surface area (TPSA) is 58.6 Å². The van der Waals surface area contributed by atoms with Crippen molar-refractivity contribution in [1.29, 1.82) is 0 Å². The molecule has 1 rings (SSSR count). The van der Waals surface area contributed by atoms with Crippen molar-refractivity contribution >= 4 is 11.9 Å². The molecule has 5 heteroatoms. The third kappa shape index (κ3) is 3.20. The minimum Gasteiger partial charge on any atom is -0.468 e. The maximum absolute atomic E-state index is 11.6. The molecule has 16 heavy (non-hydrogen) atoms. The normalized spacial score (nSPS) is 16.9. The molecule has 0 aromatic heterocycles. The molecule has 1 unspecified atom stereocenters. The number of amides is 1. The Hall–Kier alpha value is -1.10. The van der Waals surface area contributed by atoms with E-state index in [2.05, 4.69) is 10.1 Å². The summed E-state index contributed by atoms with van der Waals surface area (Å²) in [5.74, 6) is -0.149. The molecule has 0 spiro atoms. The molecule has 0 bridgehead atoms. The summed E-state index contributed by atoms with van der Waals surface area (Å²) < 4.78 is 4.68. The van der Waals surface area contributed by atoms with Crippen LogP contribution in [-0.4, -0.2) is 49.6 Å². The monoisotopic (exact) mass is 228 g/mol. The fourth-order valence-corrected chi connectivity index (χ4v) is 1.59. The average Bonchev–Trinajstić information content (AvgIpc) is 2.14. The molecular weight excluding hydrogens is 208 g/mol. The second-order valence-electron chi connectivity index (χ2n) is 4.36. The molecule has 5 nitrogen and oxygen atoms in total. The van der Waals surface area contributed by atoms with Crippen molar-refractivity contribution in [2.75, 3.05) is 26.7 Å². The lowest BCUT2D eigenvalue weighted by Gasteiger charge is -2.31. The zero-order valence-corrected chi connectivity index (χ0v) is 10.2. The molecule has 1 aliphatic rings. The third-order valence-electron chi connectivity index (χ3n) is 2.80. The van der Waals surface area contributed by atoms with E-state index >= 15 is 0 Å². The standard InChI is InChI=1S/C11H20N2O3/c1-8(2)10(11(15)16-3)12-7-9(14)13-5-4-6-13/h8,10,12H,4-7H2,1-3H3. The molecule has 1 heterocycles. The van der Waals surface area contributed by atoms with Gasteiger partial charge in [-0.15, -0.1) is 0 Å². The highest BCUT2D eigenvalue weighted by atomic mass is 16.5. The zero-order valence-electron chi connectivity index (χ0n) is 10.2. The fraction of sp³-hybridized carbons (Fsp3) is 0.818. The Labute approximate surface area is 96.1 Å². The zero-order chi connectivity index (χ0) is 12.1. The summed E-state index contributed by atoms with van der Waals surface area (Å²) in [7, 11) is 1.36. The van der Waals surface area contributed by atoms with Gasteiger partial charge in [0.2, 0.25) is 5.91 Å². The van der Waals surface area contributed by atoms with Gasteiger partial charge < -0.3 is 9.64 Å². The Balaban J connectivity index is 2.37. The van der Waals surface area contributed by atoms with Gasteiger partial charge in [0.15, 0.2) is 0 Å². The quantitative estimate of drug-likeness (QED) is 0.673. The number of esters is 1. The molecule has 1 N–H and O–H groups in total. The Morgan fingerprint density at radius 1 is 1.38 bits per heavy atom. The number of methoxy groups -OCH3 is 1. The van der Waals surface area contributed by atoms with E-state index in [9.17, 15) is 9.59 Å². The van der Waals surface area contributed by atoms with Gasteiger partial charge in [0.1, 0.15) is 6.04 Å². The van der Waals surface area contributed by atoms with E-state index in [1.165, 1.54) is 7.11 Å². The molecule has 0 aromatic rings. The molecule has 1 fully saturated rings. The Kier molecular flexibility index (Phi) is 4.73. The molecule has 0 aromatic carbocycles. The van der Waals surface area contributed by atoms with Gasteiger partial charge in [0.25, 0.3) is 0 Å². The summed E-state index contributed by atoms with van der Waals surface area (Å²) in [6.45, 7) is 5.72. The Bertz CT molecular complexity index is 262. The van der Waals surface area contributed by atoms with Crippen LogP contribution >= 0.6 is 0 Å². The van der Waals surface area contributed by atoms with E-state index in [-0.39, 0.29) is 24.3 Å². The second kappa shape index (κ2) is 5.84. The predicted molar refractivity (Wildman–Crippen MR) is 59.8 cm³/mol. The molecular formula is C11H20N2O3. The summed E-state index contributed by atoms with van der Waals surface area (Å²) in [5.41, 5.74) is 0. The lowest BCUT2D eigenvalue weighted by molar-refractivity contribution is -0.144. The number of likely N-dealkylation sites (tertiary alicyclic amines) is 1. The number of hydrogen-bond donors (Lipinski definition) is 1. The van der Waals surface area contributed by atoms with E-state index in [4.69, 9.17) is 0 Å². The molecule has 0 radical (unpaired) electrons. The van der Waals surface area contributed by atoms with Crippen LogP contribution in [-0.2, 0) is 14.3 Å². The van der Waals surface area contributed by atoms with Crippen molar-refractivity contribution < 1.29 is 14.3 Å². The summed E-state index contributed by atoms with van der Waals surface area (Å²) in [5, 5.41) is 2.95. The van der Waals surface area contributed by atoms with Crippen LogP contribution in [0.15, 0.2) is 0 Å². The molecule has 1 amide bonds. The van der Waals surface area contributed by atoms with Gasteiger partial charge in [-0.3, -0.25) is 14.9 Å². The SMILES string of the molecule is COC(=O)C(NCC(=O)N1CCC1)C(C)C. The van der Waals surface area contributed by atoms with Gasteiger partial charge in [0, 0.05) is 13.1 Å². The molecule has 0 saturated carbocycles. The van der Waals surface area contributed by atoms with Crippen LogP contribution in [0.1, 0.15) is 20.3 Å². The van der Waals surface area contributed by atoms with E-state index in [1.807, 2.05) is 13.8 Å². The summed E-state index contributed by atoms with van der Waals surface area (Å²) in [6, 6.07) is -0.407. The first-order chi connectivity index (χ1) is 7.56. The van der Waals surface area contributed by atoms with Gasteiger partial charge in [-0.05, 0) is 12.3 Å². The lowest BCUT2D eigenvalue weighted by Crippen LogP contribution is -2.50. The third-order valence-corrected chi connectivity index (χ3v) is 2.80. The second-order valence-corrected chi connectivity index (χ2v) is 4.36. The highest BCUT2D eigenvalue weighted by Crippen LogP contribution is 2.07. The van der Waals surface area contributed by atoms with Crippen LogP contribution < -0.4 is 5.32 Å². The van der Waals surface area contributed by atoms with Gasteiger partial charge >= 0.3 is 5.97 Å². The van der Waals surface area contributed by atoms with E-state index in [0.29, 0.717) is 0 Å². The summed E-state index contributed by atoms with van der Waals surface area (Å²) >= 11 is 0. The molecule has 0 aliphatic carbocycles. The number of carbonyl (C=O) groups excluding carboxylic acids is 2. The highest BCUT2D eigenvalue weighted by molar-refractivity contribution is 5.81. The lowest BCUT2D eigenvalue weighted by atomic mass is 10.0. The van der Waals surface area contributed by atoms with Gasteiger partial charge in [-0.1, -0.05) is 13.8 Å². The van der Waals surface area contributed by atoms with E-state index < -0.39 is 6.04 Å². The summed E-state index contributed by atoms with van der Waals surface area (Å²) in [4.78, 5) is 24.8.